The van der Waals surface area contributed by atoms with Crippen molar-refractivity contribution in [3.8, 4) is 0 Å². The Hall–Kier alpha value is -3.75. The van der Waals surface area contributed by atoms with Crippen molar-refractivity contribution in [1.29, 1.82) is 0 Å². The van der Waals surface area contributed by atoms with Gasteiger partial charge in [0.15, 0.2) is 12.4 Å². The molecule has 0 spiro atoms. The zero-order valence-electron chi connectivity index (χ0n) is 18.8. The van der Waals surface area contributed by atoms with Gasteiger partial charge in [-0.3, -0.25) is 14.4 Å². The molecular weight excluding hydrogens is 431 g/mol. The molecule has 176 valence electrons. The first kappa shape index (κ1) is 25.5. The van der Waals surface area contributed by atoms with Gasteiger partial charge in [-0.05, 0) is 24.6 Å². The van der Waals surface area contributed by atoms with Crippen molar-refractivity contribution >= 4 is 45.6 Å². The Morgan fingerprint density at radius 3 is 2.33 bits per heavy atom. The smallest absolute Gasteiger partial charge is 0.419 e. The molecular formula is C24H27FN2O6. The summed E-state index contributed by atoms with van der Waals surface area (Å²) in [5.74, 6) is -3.36. The molecule has 1 aromatic heterocycles. The summed E-state index contributed by atoms with van der Waals surface area (Å²) in [5.41, 5.74) is 2.14. The van der Waals surface area contributed by atoms with Crippen LogP contribution in [0.5, 0.6) is 0 Å². The molecule has 0 aliphatic rings. The second-order valence-corrected chi connectivity index (χ2v) is 7.45. The Balaban J connectivity index is 0.00000122. The summed E-state index contributed by atoms with van der Waals surface area (Å²) in [4.78, 5) is 47.1. The summed E-state index contributed by atoms with van der Waals surface area (Å²) in [5, 5.41) is 12.6. The monoisotopic (exact) mass is 458 g/mol. The van der Waals surface area contributed by atoms with Crippen LogP contribution in [-0.2, 0) is 19.1 Å². The number of Topliss-reactive ketones (excluding diaryl/α,β-unsaturated/α-hetero) is 1. The molecule has 8 nitrogen and oxygen atoms in total. The number of hydrogen-bond donors (Lipinski definition) is 2. The molecule has 2 N–H and O–H groups in total. The quantitative estimate of drug-likeness (QED) is 0.553. The molecule has 33 heavy (non-hydrogen) atoms. The molecule has 0 aliphatic carbocycles. The molecule has 1 atom stereocenters. The van der Waals surface area contributed by atoms with E-state index in [1.807, 2.05) is 37.3 Å². The molecule has 1 unspecified atom stereocenters. The van der Waals surface area contributed by atoms with Gasteiger partial charge in [-0.15, -0.1) is 0 Å². The van der Waals surface area contributed by atoms with Crippen LogP contribution in [0, 0.1) is 6.92 Å². The molecule has 0 aliphatic heterocycles. The first-order chi connectivity index (χ1) is 15.7. The molecule has 3 aromatic rings. The number of aromatic nitrogens is 1. The third-order valence-corrected chi connectivity index (χ3v) is 4.57. The number of carbonyl (C=O) groups is 4. The van der Waals surface area contributed by atoms with E-state index < -0.39 is 49.5 Å². The molecule has 1 amide bonds. The number of nitrogens with one attached hydrogen (secondary N) is 1. The van der Waals surface area contributed by atoms with Crippen LogP contribution >= 0.6 is 0 Å². The highest BCUT2D eigenvalue weighted by Crippen LogP contribution is 2.29. The van der Waals surface area contributed by atoms with Crippen LogP contribution in [-0.4, -0.2) is 52.7 Å². The van der Waals surface area contributed by atoms with Crippen molar-refractivity contribution < 1.29 is 33.4 Å². The number of carboxylic acids is 1. The summed E-state index contributed by atoms with van der Waals surface area (Å²) in [7, 11) is 0. The number of carbonyl (C=O) groups excluding carboxylic acids is 3. The number of carboxylic acid groups (broad SMARTS) is 1. The number of ether oxygens (including phenoxy) is 1. The minimum atomic E-state index is -1.53. The molecule has 2 aromatic carbocycles. The van der Waals surface area contributed by atoms with Crippen LogP contribution in [0.1, 0.15) is 32.3 Å². The summed E-state index contributed by atoms with van der Waals surface area (Å²) in [6.07, 6.45) is -0.331. The number of nitrogens with zero attached hydrogens (tertiary/aromatic N) is 1. The van der Waals surface area contributed by atoms with Gasteiger partial charge in [0.2, 0.25) is 0 Å². The Kier molecular flexibility index (Phi) is 9.08. The lowest BCUT2D eigenvalue weighted by molar-refractivity contribution is -0.140. The van der Waals surface area contributed by atoms with Crippen LogP contribution in [0.3, 0.4) is 0 Å². The number of rotatable bonds is 7. The van der Waals surface area contributed by atoms with Gasteiger partial charge in [-0.25, -0.2) is 13.8 Å². The SMILES string of the molecule is CCC.Cc1ccc2c3ccccc3n(C(=O)OCC(=O)NC(CC(=O)O)C(=O)CF)c2c1. The van der Waals surface area contributed by atoms with Crippen molar-refractivity contribution in [2.75, 3.05) is 13.3 Å². The maximum Gasteiger partial charge on any atom is 0.419 e. The number of aliphatic carboxylic acids is 1. The molecule has 0 saturated heterocycles. The molecule has 9 heteroatoms. The number of hydrogen-bond acceptors (Lipinski definition) is 5. The molecule has 3 rings (SSSR count). The van der Waals surface area contributed by atoms with Crippen LogP contribution < -0.4 is 5.32 Å². The number of amides is 1. The summed E-state index contributed by atoms with van der Waals surface area (Å²) < 4.78 is 19.0. The predicted molar refractivity (Wildman–Crippen MR) is 122 cm³/mol. The second kappa shape index (κ2) is 11.8. The fraction of sp³-hybridized carbons (Fsp3) is 0.333. The fourth-order valence-corrected chi connectivity index (χ4v) is 3.22. The summed E-state index contributed by atoms with van der Waals surface area (Å²) >= 11 is 0. The van der Waals surface area contributed by atoms with Crippen molar-refractivity contribution in [2.24, 2.45) is 0 Å². The maximum atomic E-state index is 12.7. The van der Waals surface area contributed by atoms with Crippen molar-refractivity contribution in [3.63, 3.8) is 0 Å². The van der Waals surface area contributed by atoms with E-state index in [1.54, 1.807) is 12.1 Å². The lowest BCUT2D eigenvalue weighted by Crippen LogP contribution is -2.44. The van der Waals surface area contributed by atoms with E-state index in [9.17, 15) is 23.6 Å². The Morgan fingerprint density at radius 1 is 1.06 bits per heavy atom. The molecule has 0 radical (unpaired) electrons. The van der Waals surface area contributed by atoms with Crippen LogP contribution in [0.15, 0.2) is 42.5 Å². The van der Waals surface area contributed by atoms with Crippen molar-refractivity contribution in [3.05, 3.63) is 48.0 Å². The standard InChI is InChI=1S/C21H19FN2O6.C3H8/c1-12-6-7-14-13-4-2-3-5-16(13)24(17(14)8-12)21(29)30-11-19(26)23-15(9-20(27)28)18(25)10-22;1-3-2/h2-8,15H,9-11H2,1H3,(H,23,26)(H,27,28);3H2,1-2H3. The lowest BCUT2D eigenvalue weighted by atomic mass is 10.1. The molecule has 0 bridgehead atoms. The van der Waals surface area contributed by atoms with Crippen molar-refractivity contribution in [2.45, 2.75) is 39.7 Å². The van der Waals surface area contributed by atoms with Gasteiger partial charge in [-0.1, -0.05) is 50.6 Å². The van der Waals surface area contributed by atoms with E-state index in [0.717, 1.165) is 16.3 Å². The number of benzene rings is 2. The third kappa shape index (κ3) is 6.38. The zero-order valence-corrected chi connectivity index (χ0v) is 18.8. The summed E-state index contributed by atoms with van der Waals surface area (Å²) in [6.45, 7) is 3.96. The van der Waals surface area contributed by atoms with Gasteiger partial charge in [-0.2, -0.15) is 0 Å². The zero-order chi connectivity index (χ0) is 24.5. The van der Waals surface area contributed by atoms with E-state index in [-0.39, 0.29) is 0 Å². The topological polar surface area (TPSA) is 115 Å². The van der Waals surface area contributed by atoms with Crippen LogP contribution in [0.4, 0.5) is 9.18 Å². The minimum absolute atomic E-state index is 0.597. The third-order valence-electron chi connectivity index (χ3n) is 4.57. The highest BCUT2D eigenvalue weighted by atomic mass is 19.1. The number of halogens is 1. The largest absolute Gasteiger partial charge is 0.481 e. The van der Waals surface area contributed by atoms with E-state index in [0.29, 0.717) is 11.0 Å². The van der Waals surface area contributed by atoms with Gasteiger partial charge >= 0.3 is 12.1 Å². The second-order valence-electron chi connectivity index (χ2n) is 7.45. The molecule has 1 heterocycles. The minimum Gasteiger partial charge on any atom is -0.481 e. The average Bonchev–Trinajstić information content (AvgIpc) is 3.10. The normalized spacial score (nSPS) is 11.4. The maximum absolute atomic E-state index is 12.7. The van der Waals surface area contributed by atoms with Crippen molar-refractivity contribution in [1.82, 2.24) is 9.88 Å². The highest BCUT2D eigenvalue weighted by Gasteiger charge is 2.24. The molecule has 0 saturated carbocycles. The fourth-order valence-electron chi connectivity index (χ4n) is 3.22. The Labute approximate surface area is 190 Å². The van der Waals surface area contributed by atoms with Gasteiger partial charge in [0.05, 0.1) is 17.5 Å². The van der Waals surface area contributed by atoms with Gasteiger partial charge in [0.25, 0.3) is 5.91 Å². The van der Waals surface area contributed by atoms with E-state index in [4.69, 9.17) is 9.84 Å². The number of para-hydroxylation sites is 1. The Morgan fingerprint density at radius 2 is 1.70 bits per heavy atom. The van der Waals surface area contributed by atoms with Crippen LogP contribution in [0.25, 0.3) is 21.8 Å². The first-order valence-electron chi connectivity index (χ1n) is 10.5. The van der Waals surface area contributed by atoms with Gasteiger partial charge in [0, 0.05) is 10.8 Å². The number of fused-ring (bicyclic) bond motifs is 3. The van der Waals surface area contributed by atoms with Gasteiger partial charge < -0.3 is 15.2 Å². The van der Waals surface area contributed by atoms with Crippen LogP contribution in [0.2, 0.25) is 0 Å². The van der Waals surface area contributed by atoms with E-state index in [1.165, 1.54) is 11.0 Å². The number of alkyl halides is 1. The van der Waals surface area contributed by atoms with E-state index >= 15 is 0 Å². The van der Waals surface area contributed by atoms with Gasteiger partial charge in [0.1, 0.15) is 12.7 Å². The summed E-state index contributed by atoms with van der Waals surface area (Å²) in [6, 6.07) is 11.3. The lowest BCUT2D eigenvalue weighted by Gasteiger charge is -2.14. The predicted octanol–water partition coefficient (Wildman–Crippen LogP) is 4.00. The number of aryl methyl sites for hydroxylation is 1. The van der Waals surface area contributed by atoms with E-state index in [2.05, 4.69) is 19.2 Å². The number of ketones is 1. The molecule has 0 fully saturated rings. The average molecular weight is 458 g/mol. The highest BCUT2D eigenvalue weighted by molar-refractivity contribution is 6.12. The Bertz CT molecular complexity index is 1170. The first-order valence-corrected chi connectivity index (χ1v) is 10.5.